The molecular weight excluding hydrogens is 312 g/mol. The van der Waals surface area contributed by atoms with Gasteiger partial charge in [-0.25, -0.2) is 17.6 Å². The third-order valence-electron chi connectivity index (χ3n) is 2.62. The zero-order valence-electron chi connectivity index (χ0n) is 9.53. The van der Waals surface area contributed by atoms with Crippen molar-refractivity contribution in [2.75, 3.05) is 0 Å². The van der Waals surface area contributed by atoms with E-state index in [1.165, 1.54) is 11.0 Å². The lowest BCUT2D eigenvalue weighted by Gasteiger charge is -2.09. The van der Waals surface area contributed by atoms with Gasteiger partial charge in [-0.05, 0) is 0 Å². The Morgan fingerprint density at radius 1 is 0.650 bits per heavy atom. The summed E-state index contributed by atoms with van der Waals surface area (Å²) in [5, 5.41) is 0. The maximum atomic E-state index is 14.0. The molecule has 2 aromatic heterocycles. The van der Waals surface area contributed by atoms with Crippen molar-refractivity contribution >= 4 is 22.7 Å². The van der Waals surface area contributed by atoms with Gasteiger partial charge >= 0.3 is 0 Å². The molecule has 0 bridgehead atoms. The van der Waals surface area contributed by atoms with Crippen molar-refractivity contribution in [3.05, 3.63) is 46.7 Å². The van der Waals surface area contributed by atoms with Gasteiger partial charge < -0.3 is 0 Å². The van der Waals surface area contributed by atoms with Gasteiger partial charge in [-0.15, -0.1) is 22.7 Å². The van der Waals surface area contributed by atoms with E-state index < -0.39 is 34.4 Å². The molecule has 3 rings (SSSR count). The van der Waals surface area contributed by atoms with Gasteiger partial charge in [0.05, 0.1) is 31.9 Å². The molecule has 0 fully saturated rings. The van der Waals surface area contributed by atoms with Crippen molar-refractivity contribution in [3.8, 4) is 20.9 Å². The second kappa shape index (κ2) is 4.95. The minimum absolute atomic E-state index is 0.0219. The van der Waals surface area contributed by atoms with E-state index in [-0.39, 0.29) is 9.75 Å². The molecule has 0 atom stereocenters. The van der Waals surface area contributed by atoms with Gasteiger partial charge in [0.15, 0.2) is 23.3 Å². The van der Waals surface area contributed by atoms with E-state index in [1.54, 1.807) is 0 Å². The van der Waals surface area contributed by atoms with Crippen LogP contribution in [0.3, 0.4) is 0 Å². The van der Waals surface area contributed by atoms with Crippen LogP contribution in [0.15, 0.2) is 23.4 Å². The summed E-state index contributed by atoms with van der Waals surface area (Å²) in [6.07, 6.45) is 2.30. The maximum absolute atomic E-state index is 14.0. The lowest BCUT2D eigenvalue weighted by molar-refractivity contribution is 0.463. The van der Waals surface area contributed by atoms with Crippen LogP contribution in [0.1, 0.15) is 0 Å². The molecule has 3 aromatic rings. The quantitative estimate of drug-likeness (QED) is 0.514. The first-order valence-electron chi connectivity index (χ1n) is 5.25. The first kappa shape index (κ1) is 13.2. The highest BCUT2D eigenvalue weighted by molar-refractivity contribution is 7.13. The van der Waals surface area contributed by atoms with Crippen molar-refractivity contribution in [2.45, 2.75) is 0 Å². The fourth-order valence-corrected chi connectivity index (χ4v) is 3.05. The first-order chi connectivity index (χ1) is 9.61. The molecule has 2 heterocycles. The molecule has 0 saturated carbocycles. The van der Waals surface area contributed by atoms with Crippen LogP contribution < -0.4 is 0 Å². The number of aromatic nitrogens is 2. The summed E-state index contributed by atoms with van der Waals surface area (Å²) in [7, 11) is 0. The fraction of sp³-hybridized carbons (Fsp3) is 0. The lowest BCUT2D eigenvalue weighted by Crippen LogP contribution is -2.02. The molecule has 2 nitrogen and oxygen atoms in total. The number of nitrogens with zero attached hydrogens (tertiary/aromatic N) is 2. The molecule has 0 radical (unpaired) electrons. The number of hydrogen-bond donors (Lipinski definition) is 0. The molecule has 8 heteroatoms. The van der Waals surface area contributed by atoms with Gasteiger partial charge in [-0.3, -0.25) is 9.97 Å². The van der Waals surface area contributed by atoms with E-state index in [0.29, 0.717) is 0 Å². The van der Waals surface area contributed by atoms with E-state index in [1.807, 2.05) is 0 Å². The molecule has 0 aliphatic carbocycles. The highest BCUT2D eigenvalue weighted by atomic mass is 32.1. The van der Waals surface area contributed by atoms with Gasteiger partial charge in [-0.1, -0.05) is 0 Å². The minimum atomic E-state index is -1.43. The van der Waals surface area contributed by atoms with Crippen molar-refractivity contribution in [1.82, 2.24) is 9.97 Å². The average Bonchev–Trinajstić information content (AvgIpc) is 3.10. The van der Waals surface area contributed by atoms with Gasteiger partial charge in [-0.2, -0.15) is 0 Å². The Kier molecular flexibility index (Phi) is 3.27. The lowest BCUT2D eigenvalue weighted by atomic mass is 10.1. The maximum Gasteiger partial charge on any atom is 0.171 e. The Labute approximate surface area is 118 Å². The molecule has 102 valence electrons. The second-order valence-corrected chi connectivity index (χ2v) is 5.51. The summed E-state index contributed by atoms with van der Waals surface area (Å²) in [5.41, 5.74) is 1.16. The van der Waals surface area contributed by atoms with Gasteiger partial charge in [0.1, 0.15) is 0 Å². The SMILES string of the molecule is Fc1c(F)c(-c2cncs2)c(F)c(F)c1-c1cncs1. The van der Waals surface area contributed by atoms with E-state index in [9.17, 15) is 17.6 Å². The predicted molar refractivity (Wildman–Crippen MR) is 68.5 cm³/mol. The Morgan fingerprint density at radius 2 is 1.00 bits per heavy atom. The van der Waals surface area contributed by atoms with Crippen molar-refractivity contribution in [3.63, 3.8) is 0 Å². The van der Waals surface area contributed by atoms with Crippen LogP contribution in [-0.4, -0.2) is 9.97 Å². The van der Waals surface area contributed by atoms with Crippen LogP contribution in [0.2, 0.25) is 0 Å². The zero-order valence-corrected chi connectivity index (χ0v) is 11.2. The van der Waals surface area contributed by atoms with Crippen LogP contribution >= 0.6 is 22.7 Å². The van der Waals surface area contributed by atoms with Gasteiger partial charge in [0, 0.05) is 12.4 Å². The van der Waals surface area contributed by atoms with Crippen LogP contribution in [-0.2, 0) is 0 Å². The molecule has 0 saturated heterocycles. The third-order valence-corrected chi connectivity index (χ3v) is 4.20. The van der Waals surface area contributed by atoms with E-state index in [2.05, 4.69) is 9.97 Å². The smallest absolute Gasteiger partial charge is 0.171 e. The molecule has 0 aliphatic heterocycles. The summed E-state index contributed by atoms with van der Waals surface area (Å²) in [5.74, 6) is -5.74. The standard InChI is InChI=1S/C12H4F4N2S2/c13-9-7(5-1-17-3-19-5)10(14)12(16)8(11(9)15)6-2-18-4-20-6/h1-4H. The Bertz CT molecular complexity index is 660. The second-order valence-electron chi connectivity index (χ2n) is 3.74. The van der Waals surface area contributed by atoms with E-state index in [4.69, 9.17) is 0 Å². The van der Waals surface area contributed by atoms with Crippen LogP contribution in [0.25, 0.3) is 20.9 Å². The molecule has 0 spiro atoms. The van der Waals surface area contributed by atoms with Crippen molar-refractivity contribution in [1.29, 1.82) is 0 Å². The summed E-state index contributed by atoms with van der Waals surface area (Å²) in [6, 6.07) is 0. The van der Waals surface area contributed by atoms with Crippen LogP contribution in [0, 0.1) is 23.3 Å². The molecule has 1 aromatic carbocycles. The van der Waals surface area contributed by atoms with Gasteiger partial charge in [0.2, 0.25) is 0 Å². The summed E-state index contributed by atoms with van der Waals surface area (Å²) in [4.78, 5) is 7.33. The molecule has 0 amide bonds. The number of benzene rings is 1. The first-order valence-corrected chi connectivity index (χ1v) is 7.01. The Balaban J connectivity index is 2.33. The summed E-state index contributed by atoms with van der Waals surface area (Å²) in [6.45, 7) is 0. The third kappa shape index (κ3) is 1.92. The summed E-state index contributed by atoms with van der Waals surface area (Å²) < 4.78 is 56.2. The zero-order chi connectivity index (χ0) is 14.3. The largest absolute Gasteiger partial charge is 0.252 e. The number of thiazole rings is 2. The highest BCUT2D eigenvalue weighted by Crippen LogP contribution is 2.38. The topological polar surface area (TPSA) is 25.8 Å². The molecule has 0 unspecified atom stereocenters. The predicted octanol–water partition coefficient (Wildman–Crippen LogP) is 4.49. The number of halogens is 4. The highest BCUT2D eigenvalue weighted by Gasteiger charge is 2.28. The van der Waals surface area contributed by atoms with Crippen molar-refractivity contribution in [2.24, 2.45) is 0 Å². The Hall–Kier alpha value is -1.80. The molecule has 0 N–H and O–H groups in total. The fourth-order valence-electron chi connectivity index (χ4n) is 1.74. The summed E-state index contributed by atoms with van der Waals surface area (Å²) >= 11 is 1.78. The number of hydrogen-bond acceptors (Lipinski definition) is 4. The van der Waals surface area contributed by atoms with Crippen molar-refractivity contribution < 1.29 is 17.6 Å². The Morgan fingerprint density at radius 3 is 1.25 bits per heavy atom. The molecule has 20 heavy (non-hydrogen) atoms. The van der Waals surface area contributed by atoms with Gasteiger partial charge in [0.25, 0.3) is 0 Å². The van der Waals surface area contributed by atoms with E-state index >= 15 is 0 Å². The van der Waals surface area contributed by atoms with Crippen LogP contribution in [0.5, 0.6) is 0 Å². The number of rotatable bonds is 2. The molecular formula is C12H4F4N2S2. The molecule has 0 aliphatic rings. The average molecular weight is 316 g/mol. The monoisotopic (exact) mass is 316 g/mol. The minimum Gasteiger partial charge on any atom is -0.252 e. The normalized spacial score (nSPS) is 11.0. The van der Waals surface area contributed by atoms with E-state index in [0.717, 1.165) is 35.1 Å². The van der Waals surface area contributed by atoms with Crippen LogP contribution in [0.4, 0.5) is 17.6 Å².